The molecule has 0 bridgehead atoms. The molecular weight excluding hydrogens is 240 g/mol. The fraction of sp³-hybridized carbons (Fsp3) is 0.667. The van der Waals surface area contributed by atoms with E-state index >= 15 is 0 Å². The zero-order valence-corrected chi connectivity index (χ0v) is 10.4. The maximum Gasteiger partial charge on any atom is 0.306 e. The van der Waals surface area contributed by atoms with E-state index in [4.69, 9.17) is 5.11 Å². The Kier molecular flexibility index (Phi) is 3.43. The molecule has 17 heavy (non-hydrogen) atoms. The van der Waals surface area contributed by atoms with Gasteiger partial charge in [0.15, 0.2) is 0 Å². The molecule has 1 aliphatic heterocycles. The molecule has 1 N–H and O–H groups in total. The van der Waals surface area contributed by atoms with Crippen LogP contribution < -0.4 is 0 Å². The molecular formula is C12H17ClN2O2. The minimum absolute atomic E-state index is 0. The first kappa shape index (κ1) is 12.4. The Morgan fingerprint density at radius 3 is 2.76 bits per heavy atom. The van der Waals surface area contributed by atoms with Crippen molar-refractivity contribution < 1.29 is 9.90 Å². The number of carboxylic acids is 1. The Balaban J connectivity index is 0.00000108. The zero-order chi connectivity index (χ0) is 11.1. The van der Waals surface area contributed by atoms with E-state index in [1.165, 1.54) is 25.1 Å². The molecule has 0 radical (unpaired) electrons. The lowest BCUT2D eigenvalue weighted by molar-refractivity contribution is -0.142. The highest BCUT2D eigenvalue weighted by Crippen LogP contribution is 2.37. The van der Waals surface area contributed by atoms with Crippen molar-refractivity contribution in [3.63, 3.8) is 0 Å². The highest BCUT2D eigenvalue weighted by Gasteiger charge is 2.30. The van der Waals surface area contributed by atoms with Crippen LogP contribution in [0.15, 0.2) is 6.20 Å². The van der Waals surface area contributed by atoms with Gasteiger partial charge in [-0.2, -0.15) is 0 Å². The van der Waals surface area contributed by atoms with Gasteiger partial charge in [0.1, 0.15) is 5.82 Å². The molecule has 2 heterocycles. The van der Waals surface area contributed by atoms with Gasteiger partial charge in [-0.05, 0) is 19.3 Å². The van der Waals surface area contributed by atoms with Crippen molar-refractivity contribution in [3.05, 3.63) is 17.7 Å². The van der Waals surface area contributed by atoms with Crippen LogP contribution in [-0.4, -0.2) is 20.6 Å². The maximum atomic E-state index is 10.9. The van der Waals surface area contributed by atoms with Crippen molar-refractivity contribution in [2.45, 2.75) is 44.6 Å². The third-order valence-corrected chi connectivity index (χ3v) is 3.95. The minimum Gasteiger partial charge on any atom is -0.481 e. The van der Waals surface area contributed by atoms with Gasteiger partial charge in [-0.1, -0.05) is 6.42 Å². The first-order valence-electron chi connectivity index (χ1n) is 6.03. The standard InChI is InChI=1S/C12H16N2O2.ClH/c15-12(16)9-4-5-14-10(6-9)7-13-11(14)8-2-1-3-8;/h7-9H,1-6H2,(H,15,16);1H. The van der Waals surface area contributed by atoms with Crippen LogP contribution in [0.3, 0.4) is 0 Å². The normalized spacial score (nSPS) is 23.4. The zero-order valence-electron chi connectivity index (χ0n) is 9.63. The first-order chi connectivity index (χ1) is 7.75. The van der Waals surface area contributed by atoms with Crippen molar-refractivity contribution in [1.29, 1.82) is 0 Å². The van der Waals surface area contributed by atoms with Gasteiger partial charge in [-0.15, -0.1) is 12.4 Å². The maximum absolute atomic E-state index is 10.9. The average molecular weight is 257 g/mol. The van der Waals surface area contributed by atoms with Crippen LogP contribution in [0.25, 0.3) is 0 Å². The molecule has 3 rings (SSSR count). The third kappa shape index (κ3) is 2.06. The number of nitrogens with zero attached hydrogens (tertiary/aromatic N) is 2. The molecule has 0 spiro atoms. The SMILES string of the molecule is Cl.O=C(O)C1CCn2c(cnc2C2CCC2)C1. The fourth-order valence-electron chi connectivity index (χ4n) is 2.69. The van der Waals surface area contributed by atoms with Crippen LogP contribution in [0, 0.1) is 5.92 Å². The van der Waals surface area contributed by atoms with E-state index in [2.05, 4.69) is 9.55 Å². The van der Waals surface area contributed by atoms with Gasteiger partial charge in [-0.3, -0.25) is 4.79 Å². The molecule has 2 aliphatic rings. The smallest absolute Gasteiger partial charge is 0.306 e. The molecule has 1 unspecified atom stereocenters. The Hall–Kier alpha value is -1.03. The third-order valence-electron chi connectivity index (χ3n) is 3.95. The number of hydrogen-bond acceptors (Lipinski definition) is 2. The van der Waals surface area contributed by atoms with Crippen LogP contribution in [0.4, 0.5) is 0 Å². The van der Waals surface area contributed by atoms with E-state index in [9.17, 15) is 4.79 Å². The lowest BCUT2D eigenvalue weighted by Gasteiger charge is -2.28. The molecule has 1 aromatic heterocycles. The summed E-state index contributed by atoms with van der Waals surface area (Å²) in [5.41, 5.74) is 1.11. The van der Waals surface area contributed by atoms with Crippen molar-refractivity contribution in [2.75, 3.05) is 0 Å². The summed E-state index contributed by atoms with van der Waals surface area (Å²) >= 11 is 0. The number of imidazole rings is 1. The van der Waals surface area contributed by atoms with E-state index < -0.39 is 5.97 Å². The van der Waals surface area contributed by atoms with E-state index in [1.54, 1.807) is 0 Å². The summed E-state index contributed by atoms with van der Waals surface area (Å²) in [5, 5.41) is 9.01. The number of aliphatic carboxylic acids is 1. The number of carbonyl (C=O) groups is 1. The molecule has 0 amide bonds. The van der Waals surface area contributed by atoms with Crippen molar-refractivity contribution in [3.8, 4) is 0 Å². The summed E-state index contributed by atoms with van der Waals surface area (Å²) in [6.07, 6.45) is 7.08. The molecule has 1 aromatic rings. The molecule has 4 nitrogen and oxygen atoms in total. The number of rotatable bonds is 2. The van der Waals surface area contributed by atoms with Crippen molar-refractivity contribution >= 4 is 18.4 Å². The van der Waals surface area contributed by atoms with Gasteiger partial charge in [0.05, 0.1) is 5.92 Å². The highest BCUT2D eigenvalue weighted by atomic mass is 35.5. The summed E-state index contributed by atoms with van der Waals surface area (Å²) in [6, 6.07) is 0. The monoisotopic (exact) mass is 256 g/mol. The Morgan fingerprint density at radius 2 is 2.18 bits per heavy atom. The van der Waals surface area contributed by atoms with Gasteiger partial charge >= 0.3 is 5.97 Å². The number of carboxylic acid groups (broad SMARTS) is 1. The van der Waals surface area contributed by atoms with E-state index in [-0.39, 0.29) is 18.3 Å². The Morgan fingerprint density at radius 1 is 1.41 bits per heavy atom. The summed E-state index contributed by atoms with van der Waals surface area (Å²) in [7, 11) is 0. The lowest BCUT2D eigenvalue weighted by Crippen LogP contribution is -2.27. The number of aromatic nitrogens is 2. The number of halogens is 1. The molecule has 1 atom stereocenters. The average Bonchev–Trinajstić information content (AvgIpc) is 2.59. The lowest BCUT2D eigenvalue weighted by atomic mass is 9.84. The summed E-state index contributed by atoms with van der Waals surface area (Å²) in [6.45, 7) is 0.831. The minimum atomic E-state index is -0.669. The number of hydrogen-bond donors (Lipinski definition) is 1. The second-order valence-electron chi connectivity index (χ2n) is 4.92. The van der Waals surface area contributed by atoms with Gasteiger partial charge in [0.25, 0.3) is 0 Å². The topological polar surface area (TPSA) is 55.1 Å². The van der Waals surface area contributed by atoms with Crippen LogP contribution in [0.5, 0.6) is 0 Å². The van der Waals surface area contributed by atoms with E-state index in [0.717, 1.165) is 18.7 Å². The second kappa shape index (κ2) is 4.69. The summed E-state index contributed by atoms with van der Waals surface area (Å²) < 4.78 is 2.25. The Bertz CT molecular complexity index is 426. The van der Waals surface area contributed by atoms with Gasteiger partial charge in [0, 0.05) is 30.8 Å². The van der Waals surface area contributed by atoms with Crippen LogP contribution in [-0.2, 0) is 17.8 Å². The van der Waals surface area contributed by atoms with Crippen LogP contribution in [0.2, 0.25) is 0 Å². The molecule has 0 aromatic carbocycles. The van der Waals surface area contributed by atoms with Crippen LogP contribution in [0.1, 0.15) is 43.1 Å². The van der Waals surface area contributed by atoms with E-state index in [0.29, 0.717) is 12.3 Å². The quantitative estimate of drug-likeness (QED) is 0.883. The van der Waals surface area contributed by atoms with Crippen LogP contribution >= 0.6 is 12.4 Å². The number of fused-ring (bicyclic) bond motifs is 1. The van der Waals surface area contributed by atoms with Crippen molar-refractivity contribution in [2.24, 2.45) is 5.92 Å². The summed E-state index contributed by atoms with van der Waals surface area (Å²) in [5.74, 6) is 0.955. The molecule has 1 saturated carbocycles. The van der Waals surface area contributed by atoms with Gasteiger partial charge < -0.3 is 9.67 Å². The van der Waals surface area contributed by atoms with Gasteiger partial charge in [0.2, 0.25) is 0 Å². The Labute approximate surface area is 106 Å². The van der Waals surface area contributed by atoms with E-state index in [1.807, 2.05) is 6.20 Å². The predicted molar refractivity (Wildman–Crippen MR) is 65.5 cm³/mol. The molecule has 5 heteroatoms. The first-order valence-corrected chi connectivity index (χ1v) is 6.03. The predicted octanol–water partition coefficient (Wildman–Crippen LogP) is 2.22. The summed E-state index contributed by atoms with van der Waals surface area (Å²) in [4.78, 5) is 15.4. The molecule has 1 aliphatic carbocycles. The highest BCUT2D eigenvalue weighted by molar-refractivity contribution is 5.85. The van der Waals surface area contributed by atoms with Gasteiger partial charge in [-0.25, -0.2) is 4.98 Å². The largest absolute Gasteiger partial charge is 0.481 e. The molecule has 0 saturated heterocycles. The molecule has 94 valence electrons. The van der Waals surface area contributed by atoms with Crippen molar-refractivity contribution in [1.82, 2.24) is 9.55 Å². The molecule has 1 fully saturated rings. The fourth-order valence-corrected chi connectivity index (χ4v) is 2.69. The second-order valence-corrected chi connectivity index (χ2v) is 4.92.